The van der Waals surface area contributed by atoms with E-state index in [1.807, 2.05) is 13.8 Å². The van der Waals surface area contributed by atoms with Crippen molar-refractivity contribution in [2.45, 2.75) is 36.9 Å². The molecule has 162 valence electrons. The molecule has 1 aromatic heterocycles. The highest BCUT2D eigenvalue weighted by Gasteiger charge is 2.40. The van der Waals surface area contributed by atoms with Gasteiger partial charge in [0.2, 0.25) is 0 Å². The van der Waals surface area contributed by atoms with E-state index in [4.69, 9.17) is 9.47 Å². The summed E-state index contributed by atoms with van der Waals surface area (Å²) in [5.74, 6) is -0.644. The largest absolute Gasteiger partial charge is 0.494 e. The van der Waals surface area contributed by atoms with Gasteiger partial charge in [0.25, 0.3) is 10.0 Å². The zero-order valence-corrected chi connectivity index (χ0v) is 18.6. The van der Waals surface area contributed by atoms with E-state index in [1.165, 1.54) is 23.9 Å². The fourth-order valence-electron chi connectivity index (χ4n) is 3.65. The van der Waals surface area contributed by atoms with E-state index in [-0.39, 0.29) is 46.2 Å². The maximum absolute atomic E-state index is 13.1. The lowest BCUT2D eigenvalue weighted by Crippen LogP contribution is -2.55. The van der Waals surface area contributed by atoms with Crippen LogP contribution < -0.4 is 4.74 Å². The molecule has 0 aromatic carbocycles. The van der Waals surface area contributed by atoms with Crippen LogP contribution in [0.5, 0.6) is 5.75 Å². The molecule has 1 aromatic rings. The summed E-state index contributed by atoms with van der Waals surface area (Å²) in [5, 5.41) is 1.43. The monoisotopic (exact) mass is 446 g/mol. The Labute approximate surface area is 174 Å². The predicted octanol–water partition coefficient (Wildman–Crippen LogP) is 2.17. The van der Waals surface area contributed by atoms with Crippen LogP contribution in [0.15, 0.2) is 9.59 Å². The Balaban J connectivity index is 1.74. The fourth-order valence-corrected chi connectivity index (χ4v) is 6.68. The molecule has 1 amide bonds. The smallest absolute Gasteiger partial charge is 0.410 e. The van der Waals surface area contributed by atoms with Crippen molar-refractivity contribution in [3.05, 3.63) is 10.9 Å². The van der Waals surface area contributed by atoms with Gasteiger partial charge < -0.3 is 19.1 Å². The van der Waals surface area contributed by atoms with Crippen molar-refractivity contribution in [3.8, 4) is 5.75 Å². The average Bonchev–Trinajstić information content (AvgIpc) is 3.14. The Hall–Kier alpha value is -1.85. The Morgan fingerprint density at radius 2 is 1.93 bits per heavy atom. The molecular formula is C18H26N2O7S2. The van der Waals surface area contributed by atoms with Crippen molar-refractivity contribution < 1.29 is 32.2 Å². The molecule has 0 spiro atoms. The first-order valence-corrected chi connectivity index (χ1v) is 11.6. The van der Waals surface area contributed by atoms with E-state index < -0.39 is 16.0 Å². The lowest BCUT2D eigenvalue weighted by atomic mass is 9.91. The summed E-state index contributed by atoms with van der Waals surface area (Å²) in [7, 11) is -1.28. The molecule has 0 N–H and O–H groups in total. The van der Waals surface area contributed by atoms with E-state index >= 15 is 0 Å². The number of ether oxygens (including phenoxy) is 3. The van der Waals surface area contributed by atoms with E-state index in [0.717, 1.165) is 11.3 Å². The number of rotatable bonds is 5. The third-order valence-electron chi connectivity index (χ3n) is 5.18. The second kappa shape index (κ2) is 8.11. The number of cyclic esters (lactones) is 1. The number of methoxy groups -OCH3 is 2. The Morgan fingerprint density at radius 3 is 2.52 bits per heavy atom. The van der Waals surface area contributed by atoms with Gasteiger partial charge in [0, 0.05) is 36.5 Å². The fraction of sp³-hybridized carbons (Fsp3) is 0.667. The van der Waals surface area contributed by atoms with Crippen LogP contribution in [0.25, 0.3) is 0 Å². The Kier molecular flexibility index (Phi) is 6.11. The van der Waals surface area contributed by atoms with Crippen molar-refractivity contribution in [1.82, 2.24) is 9.21 Å². The molecule has 29 heavy (non-hydrogen) atoms. The third-order valence-corrected chi connectivity index (χ3v) is 8.55. The minimum absolute atomic E-state index is 0.00494. The molecule has 11 heteroatoms. The van der Waals surface area contributed by atoms with Crippen molar-refractivity contribution >= 4 is 33.4 Å². The molecule has 0 unspecified atom stereocenters. The number of esters is 1. The molecule has 2 aliphatic rings. The highest BCUT2D eigenvalue weighted by molar-refractivity contribution is 7.91. The number of thiophene rings is 1. The first kappa shape index (κ1) is 21.8. The Bertz CT molecular complexity index is 886. The van der Waals surface area contributed by atoms with Gasteiger partial charge in [0.05, 0.1) is 20.8 Å². The van der Waals surface area contributed by atoms with Crippen LogP contribution in [0, 0.1) is 5.41 Å². The van der Waals surface area contributed by atoms with E-state index in [9.17, 15) is 18.0 Å². The van der Waals surface area contributed by atoms with E-state index in [2.05, 4.69) is 4.74 Å². The normalized spacial score (nSPS) is 21.0. The Morgan fingerprint density at radius 1 is 1.28 bits per heavy atom. The zero-order chi connectivity index (χ0) is 21.4. The number of sulfonamides is 1. The molecule has 0 atom stereocenters. The number of carbonyl (C=O) groups excluding carboxylic acids is 2. The van der Waals surface area contributed by atoms with Crippen LogP contribution in [-0.2, 0) is 19.5 Å². The number of amides is 1. The molecule has 2 aliphatic heterocycles. The summed E-state index contributed by atoms with van der Waals surface area (Å²) in [6.45, 7) is 5.58. The maximum atomic E-state index is 13.1. The molecule has 0 aliphatic carbocycles. The minimum Gasteiger partial charge on any atom is -0.494 e. The first-order valence-electron chi connectivity index (χ1n) is 9.28. The first-order chi connectivity index (χ1) is 13.6. The minimum atomic E-state index is -3.83. The van der Waals surface area contributed by atoms with Crippen LogP contribution in [0.4, 0.5) is 4.79 Å². The summed E-state index contributed by atoms with van der Waals surface area (Å²) in [5.41, 5.74) is -0.0436. The molecule has 0 saturated carbocycles. The lowest BCUT2D eigenvalue weighted by molar-refractivity contribution is -0.0129. The van der Waals surface area contributed by atoms with Crippen LogP contribution in [0.3, 0.4) is 0 Å². The van der Waals surface area contributed by atoms with Crippen molar-refractivity contribution in [1.29, 1.82) is 0 Å². The zero-order valence-electron chi connectivity index (χ0n) is 17.0. The van der Waals surface area contributed by atoms with E-state index in [0.29, 0.717) is 26.0 Å². The maximum Gasteiger partial charge on any atom is 0.410 e. The van der Waals surface area contributed by atoms with Crippen LogP contribution >= 0.6 is 11.3 Å². The second-order valence-electron chi connectivity index (χ2n) is 7.94. The molecule has 3 rings (SSSR count). The topological polar surface area (TPSA) is 102 Å². The highest BCUT2D eigenvalue weighted by atomic mass is 32.2. The summed E-state index contributed by atoms with van der Waals surface area (Å²) in [6, 6.07) is -0.0654. The van der Waals surface area contributed by atoms with Crippen LogP contribution in [0.1, 0.15) is 37.0 Å². The number of hydrogen-bond donors (Lipinski definition) is 0. The van der Waals surface area contributed by atoms with Crippen molar-refractivity contribution in [3.63, 3.8) is 0 Å². The number of hydrogen-bond acceptors (Lipinski definition) is 8. The number of piperidine rings is 1. The molecule has 0 bridgehead atoms. The number of carbonyl (C=O) groups is 2. The highest BCUT2D eigenvalue weighted by Crippen LogP contribution is 2.38. The summed E-state index contributed by atoms with van der Waals surface area (Å²) < 4.78 is 42.8. The predicted molar refractivity (Wildman–Crippen MR) is 106 cm³/mol. The average molecular weight is 447 g/mol. The molecular weight excluding hydrogens is 420 g/mol. The van der Waals surface area contributed by atoms with Crippen molar-refractivity contribution in [2.75, 3.05) is 40.5 Å². The van der Waals surface area contributed by atoms with Gasteiger partial charge in [-0.2, -0.15) is 4.31 Å². The third kappa shape index (κ3) is 4.22. The molecule has 2 saturated heterocycles. The quantitative estimate of drug-likeness (QED) is 0.639. The van der Waals surface area contributed by atoms with Gasteiger partial charge in [0.1, 0.15) is 5.56 Å². The summed E-state index contributed by atoms with van der Waals surface area (Å²) in [6.07, 6.45) is 0.692. The van der Waals surface area contributed by atoms with Gasteiger partial charge in [-0.3, -0.25) is 0 Å². The summed E-state index contributed by atoms with van der Waals surface area (Å²) in [4.78, 5) is 25.7. The van der Waals surface area contributed by atoms with Crippen molar-refractivity contribution in [2.24, 2.45) is 5.41 Å². The van der Waals surface area contributed by atoms with Gasteiger partial charge in [-0.15, -0.1) is 11.3 Å². The van der Waals surface area contributed by atoms with Crippen LogP contribution in [0.2, 0.25) is 0 Å². The van der Waals surface area contributed by atoms with Gasteiger partial charge in [-0.1, -0.05) is 13.8 Å². The van der Waals surface area contributed by atoms with Gasteiger partial charge in [0.15, 0.2) is 9.96 Å². The van der Waals surface area contributed by atoms with E-state index in [1.54, 1.807) is 4.90 Å². The molecule has 2 fully saturated rings. The van der Waals surface area contributed by atoms with Gasteiger partial charge >= 0.3 is 12.1 Å². The lowest BCUT2D eigenvalue weighted by Gasteiger charge is -2.43. The standard InChI is InChI=1S/C18H26N2O7S2/c1-18(2)10-20(17(22)27-11-18)12-5-7-19(8-6-12)29(23,24)16-14(25-3)13(9-28-16)15(21)26-4/h9,12H,5-8,10-11H2,1-4H3. The molecule has 9 nitrogen and oxygen atoms in total. The van der Waals surface area contributed by atoms with Crippen LogP contribution in [-0.4, -0.2) is 76.2 Å². The SMILES string of the molecule is COC(=O)c1csc(S(=O)(=O)N2CCC(N3CC(C)(C)COC3=O)CC2)c1OC. The molecule has 3 heterocycles. The summed E-state index contributed by atoms with van der Waals surface area (Å²) >= 11 is 0.934. The van der Waals surface area contributed by atoms with Gasteiger partial charge in [-0.25, -0.2) is 18.0 Å². The van der Waals surface area contributed by atoms with Gasteiger partial charge in [-0.05, 0) is 12.8 Å². The number of nitrogens with zero attached hydrogens (tertiary/aromatic N) is 2. The molecule has 0 radical (unpaired) electrons. The second-order valence-corrected chi connectivity index (χ2v) is 11.0.